The molecule has 0 bridgehead atoms. The molecule has 1 N–H and O–H groups in total. The number of benzene rings is 1. The third-order valence-corrected chi connectivity index (χ3v) is 4.14. The topological polar surface area (TPSA) is 102 Å². The zero-order valence-corrected chi connectivity index (χ0v) is 11.3. The number of aromatic nitrogens is 1. The molecule has 2 rings (SSSR count). The number of nitro benzene ring substituents is 1. The van der Waals surface area contributed by atoms with E-state index in [-0.39, 0.29) is 22.0 Å². The third-order valence-electron chi connectivity index (χ3n) is 2.65. The van der Waals surface area contributed by atoms with E-state index in [1.165, 1.54) is 37.4 Å². The van der Waals surface area contributed by atoms with E-state index in [0.717, 1.165) is 0 Å². The fourth-order valence-electron chi connectivity index (χ4n) is 1.71. The molecule has 2 aromatic rings. The van der Waals surface area contributed by atoms with Crippen molar-refractivity contribution in [1.29, 1.82) is 0 Å². The zero-order chi connectivity index (χ0) is 14.8. The summed E-state index contributed by atoms with van der Waals surface area (Å²) >= 11 is 0. The minimum atomic E-state index is -3.92. The maximum atomic E-state index is 12.2. The minimum Gasteiger partial charge on any atom is -0.263 e. The highest BCUT2D eigenvalue weighted by molar-refractivity contribution is 7.92. The lowest BCUT2D eigenvalue weighted by atomic mass is 10.2. The first-order valence-electron chi connectivity index (χ1n) is 5.59. The van der Waals surface area contributed by atoms with Crippen molar-refractivity contribution in [2.75, 3.05) is 4.72 Å². The van der Waals surface area contributed by atoms with Crippen molar-refractivity contribution in [1.82, 2.24) is 4.98 Å². The van der Waals surface area contributed by atoms with E-state index in [9.17, 15) is 18.5 Å². The molecule has 1 aromatic carbocycles. The second-order valence-electron chi connectivity index (χ2n) is 3.98. The van der Waals surface area contributed by atoms with Gasteiger partial charge in [-0.15, -0.1) is 0 Å². The van der Waals surface area contributed by atoms with E-state index < -0.39 is 14.9 Å². The summed E-state index contributed by atoms with van der Waals surface area (Å²) in [6, 6.07) is 8.67. The number of sulfonamides is 1. The second kappa shape index (κ2) is 5.25. The summed E-state index contributed by atoms with van der Waals surface area (Å²) in [6.07, 6.45) is 1.44. The molecule has 104 valence electrons. The molecule has 0 atom stereocenters. The Morgan fingerprint density at radius 3 is 2.55 bits per heavy atom. The maximum absolute atomic E-state index is 12.2. The Balaban J connectivity index is 2.45. The number of nitrogens with zero attached hydrogens (tertiary/aromatic N) is 2. The van der Waals surface area contributed by atoms with E-state index in [4.69, 9.17) is 0 Å². The lowest BCUT2D eigenvalue weighted by molar-refractivity contribution is -0.385. The van der Waals surface area contributed by atoms with Gasteiger partial charge in [0.1, 0.15) is 5.82 Å². The lowest BCUT2D eigenvalue weighted by Gasteiger charge is -2.09. The van der Waals surface area contributed by atoms with Gasteiger partial charge in [-0.05, 0) is 25.1 Å². The number of hydrogen-bond donors (Lipinski definition) is 1. The molecule has 0 saturated heterocycles. The fraction of sp³-hybridized carbons (Fsp3) is 0.0833. The van der Waals surface area contributed by atoms with E-state index in [2.05, 4.69) is 9.71 Å². The molecule has 0 aliphatic carbocycles. The lowest BCUT2D eigenvalue weighted by Crippen LogP contribution is -2.15. The van der Waals surface area contributed by atoms with Gasteiger partial charge in [-0.3, -0.25) is 14.8 Å². The average Bonchev–Trinajstić information content (AvgIpc) is 2.39. The number of anilines is 1. The average molecular weight is 293 g/mol. The van der Waals surface area contributed by atoms with Gasteiger partial charge in [0.15, 0.2) is 0 Å². The van der Waals surface area contributed by atoms with Crippen molar-refractivity contribution in [2.45, 2.75) is 11.8 Å². The smallest absolute Gasteiger partial charge is 0.263 e. The van der Waals surface area contributed by atoms with Gasteiger partial charge in [0, 0.05) is 17.8 Å². The van der Waals surface area contributed by atoms with Crippen molar-refractivity contribution in [2.24, 2.45) is 0 Å². The molecule has 0 saturated carbocycles. The van der Waals surface area contributed by atoms with Crippen LogP contribution in [0.15, 0.2) is 47.5 Å². The maximum Gasteiger partial charge on any atom is 0.273 e. The van der Waals surface area contributed by atoms with E-state index in [1.807, 2.05) is 0 Å². The second-order valence-corrected chi connectivity index (χ2v) is 5.63. The van der Waals surface area contributed by atoms with E-state index >= 15 is 0 Å². The summed E-state index contributed by atoms with van der Waals surface area (Å²) in [4.78, 5) is 13.9. The summed E-state index contributed by atoms with van der Waals surface area (Å²) in [7, 11) is -3.92. The van der Waals surface area contributed by atoms with Crippen molar-refractivity contribution < 1.29 is 13.3 Å². The molecular formula is C12H11N3O4S. The molecule has 0 aliphatic rings. The molecule has 0 radical (unpaired) electrons. The van der Waals surface area contributed by atoms with Gasteiger partial charge in [0.25, 0.3) is 15.7 Å². The molecule has 1 heterocycles. The molecule has 0 unspecified atom stereocenters. The molecule has 0 amide bonds. The zero-order valence-electron chi connectivity index (χ0n) is 10.5. The Morgan fingerprint density at radius 1 is 1.20 bits per heavy atom. The highest BCUT2D eigenvalue weighted by Crippen LogP contribution is 2.25. The summed E-state index contributed by atoms with van der Waals surface area (Å²) < 4.78 is 26.7. The van der Waals surface area contributed by atoms with Crippen LogP contribution in [0.3, 0.4) is 0 Å². The van der Waals surface area contributed by atoms with Crippen LogP contribution >= 0.6 is 0 Å². The van der Waals surface area contributed by atoms with Gasteiger partial charge >= 0.3 is 0 Å². The molecule has 0 fully saturated rings. The van der Waals surface area contributed by atoms with Crippen LogP contribution < -0.4 is 4.72 Å². The van der Waals surface area contributed by atoms with Crippen molar-refractivity contribution in [3.8, 4) is 0 Å². The predicted octanol–water partition coefficient (Wildman–Crippen LogP) is 2.10. The quantitative estimate of drug-likeness (QED) is 0.687. The first-order valence-corrected chi connectivity index (χ1v) is 7.08. The molecule has 20 heavy (non-hydrogen) atoms. The summed E-state index contributed by atoms with van der Waals surface area (Å²) in [5, 5.41) is 10.8. The number of rotatable bonds is 4. The Morgan fingerprint density at radius 2 is 1.95 bits per heavy atom. The molecule has 7 nitrogen and oxygen atoms in total. The van der Waals surface area contributed by atoms with Crippen molar-refractivity contribution in [3.63, 3.8) is 0 Å². The van der Waals surface area contributed by atoms with Crippen LogP contribution in [0.4, 0.5) is 11.5 Å². The normalized spacial score (nSPS) is 11.1. The fourth-order valence-corrected chi connectivity index (χ4v) is 2.98. The number of pyridine rings is 1. The molecule has 1 aromatic heterocycles. The number of nitrogens with one attached hydrogen (secondary N) is 1. The Hall–Kier alpha value is -2.48. The third kappa shape index (κ3) is 2.75. The first kappa shape index (κ1) is 13.9. The van der Waals surface area contributed by atoms with E-state index in [1.54, 1.807) is 12.1 Å². The highest BCUT2D eigenvalue weighted by atomic mass is 32.2. The van der Waals surface area contributed by atoms with Crippen LogP contribution in [0.1, 0.15) is 5.56 Å². The van der Waals surface area contributed by atoms with Gasteiger partial charge in [0.2, 0.25) is 0 Å². The molecular weight excluding hydrogens is 282 g/mol. The van der Waals surface area contributed by atoms with Gasteiger partial charge in [0.05, 0.1) is 9.82 Å². The monoisotopic (exact) mass is 293 g/mol. The van der Waals surface area contributed by atoms with Gasteiger partial charge in [-0.25, -0.2) is 13.4 Å². The van der Waals surface area contributed by atoms with Crippen LogP contribution in [-0.4, -0.2) is 18.3 Å². The van der Waals surface area contributed by atoms with Crippen LogP contribution in [-0.2, 0) is 10.0 Å². The first-order chi connectivity index (χ1) is 9.42. The van der Waals surface area contributed by atoms with Crippen LogP contribution in [0.5, 0.6) is 0 Å². The predicted molar refractivity (Wildman–Crippen MR) is 72.9 cm³/mol. The Labute approximate surface area is 115 Å². The van der Waals surface area contributed by atoms with Crippen molar-refractivity contribution >= 4 is 21.5 Å². The molecule has 0 spiro atoms. The van der Waals surface area contributed by atoms with Crippen LogP contribution in [0, 0.1) is 17.0 Å². The number of hydrogen-bond acceptors (Lipinski definition) is 5. The Bertz CT molecular complexity index is 745. The Kier molecular flexibility index (Phi) is 3.66. The largest absolute Gasteiger partial charge is 0.273 e. The molecule has 0 aliphatic heterocycles. The van der Waals surface area contributed by atoms with Gasteiger partial charge in [-0.2, -0.15) is 0 Å². The SMILES string of the molecule is Cc1c([N+](=O)[O-])cccc1S(=O)(=O)Nc1ccccn1. The summed E-state index contributed by atoms with van der Waals surface area (Å²) in [5.41, 5.74) is -0.158. The summed E-state index contributed by atoms with van der Waals surface area (Å²) in [5.74, 6) is 0.151. The number of nitro groups is 1. The van der Waals surface area contributed by atoms with Gasteiger partial charge < -0.3 is 0 Å². The molecule has 8 heteroatoms. The summed E-state index contributed by atoms with van der Waals surface area (Å²) in [6.45, 7) is 1.39. The minimum absolute atomic E-state index is 0.0842. The van der Waals surface area contributed by atoms with Gasteiger partial charge in [-0.1, -0.05) is 12.1 Å². The highest BCUT2D eigenvalue weighted by Gasteiger charge is 2.23. The van der Waals surface area contributed by atoms with E-state index in [0.29, 0.717) is 0 Å². The standard InChI is InChI=1S/C12H11N3O4S/c1-9-10(15(16)17)5-4-6-11(9)20(18,19)14-12-7-2-3-8-13-12/h2-8H,1H3,(H,13,14). The van der Waals surface area contributed by atoms with Crippen molar-refractivity contribution in [3.05, 3.63) is 58.3 Å². The van der Waals surface area contributed by atoms with Crippen LogP contribution in [0.25, 0.3) is 0 Å². The van der Waals surface area contributed by atoms with Crippen LogP contribution in [0.2, 0.25) is 0 Å².